The number of halogens is 1. The van der Waals surface area contributed by atoms with Crippen molar-refractivity contribution in [3.63, 3.8) is 0 Å². The van der Waals surface area contributed by atoms with Gasteiger partial charge < -0.3 is 5.32 Å². The predicted molar refractivity (Wildman–Crippen MR) is 64.1 cm³/mol. The monoisotopic (exact) mass is 217 g/mol. The van der Waals surface area contributed by atoms with E-state index in [4.69, 9.17) is 0 Å². The number of nitrogens with one attached hydrogen (secondary N) is 1. The maximum Gasteiger partial charge on any atom is 0.00953 e. The predicted octanol–water partition coefficient (Wildman–Crippen LogP) is 3.52. The zero-order valence-corrected chi connectivity index (χ0v) is 9.95. The van der Waals surface area contributed by atoms with Crippen molar-refractivity contribution in [2.75, 3.05) is 6.54 Å². The van der Waals surface area contributed by atoms with Gasteiger partial charge >= 0.3 is 0 Å². The van der Waals surface area contributed by atoms with Gasteiger partial charge in [0.1, 0.15) is 0 Å². The summed E-state index contributed by atoms with van der Waals surface area (Å²) in [6.45, 7) is 1.28. The fourth-order valence-corrected chi connectivity index (χ4v) is 2.99. The highest BCUT2D eigenvalue weighted by atomic mass is 35.5. The van der Waals surface area contributed by atoms with Crippen molar-refractivity contribution >= 4 is 12.4 Å². The van der Waals surface area contributed by atoms with Crippen LogP contribution in [-0.4, -0.2) is 12.6 Å². The molecule has 0 aromatic heterocycles. The highest BCUT2D eigenvalue weighted by Gasteiger charge is 2.23. The van der Waals surface area contributed by atoms with E-state index >= 15 is 0 Å². The summed E-state index contributed by atoms with van der Waals surface area (Å²) in [5, 5.41) is 3.72. The maximum atomic E-state index is 3.72. The lowest BCUT2D eigenvalue weighted by Crippen LogP contribution is -2.39. The van der Waals surface area contributed by atoms with Gasteiger partial charge in [0, 0.05) is 6.04 Å². The third-order valence-corrected chi connectivity index (χ3v) is 3.82. The zero-order chi connectivity index (χ0) is 8.93. The summed E-state index contributed by atoms with van der Waals surface area (Å²) < 4.78 is 0. The Morgan fingerprint density at radius 1 is 0.714 bits per heavy atom. The molecule has 1 aliphatic heterocycles. The molecule has 2 fully saturated rings. The van der Waals surface area contributed by atoms with E-state index in [0.717, 1.165) is 12.0 Å². The molecule has 2 aliphatic rings. The van der Waals surface area contributed by atoms with Crippen LogP contribution in [0.1, 0.15) is 57.8 Å². The SMILES string of the molecule is C1CCCC(C2CCCCN2)CC1.Cl. The van der Waals surface area contributed by atoms with E-state index < -0.39 is 0 Å². The maximum absolute atomic E-state index is 3.72. The normalized spacial score (nSPS) is 30.4. The number of piperidine rings is 1. The van der Waals surface area contributed by atoms with Crippen LogP contribution in [0, 0.1) is 5.92 Å². The standard InChI is InChI=1S/C12H23N.ClH/c1-2-4-8-11(7-3-1)12-9-5-6-10-13-12;/h11-13H,1-10H2;1H. The second-order valence-electron chi connectivity index (χ2n) is 4.81. The third kappa shape index (κ3) is 3.43. The average molecular weight is 218 g/mol. The van der Waals surface area contributed by atoms with Crippen molar-refractivity contribution in [1.29, 1.82) is 0 Å². The quantitative estimate of drug-likeness (QED) is 0.663. The Balaban J connectivity index is 0.000000980. The topological polar surface area (TPSA) is 12.0 Å². The minimum absolute atomic E-state index is 0. The fraction of sp³-hybridized carbons (Fsp3) is 1.00. The molecular weight excluding hydrogens is 194 g/mol. The minimum atomic E-state index is 0. The van der Waals surface area contributed by atoms with Crippen LogP contribution in [0.3, 0.4) is 0 Å². The Hall–Kier alpha value is 0.250. The summed E-state index contributed by atoms with van der Waals surface area (Å²) in [6, 6.07) is 0.881. The second-order valence-corrected chi connectivity index (χ2v) is 4.81. The zero-order valence-electron chi connectivity index (χ0n) is 9.13. The Morgan fingerprint density at radius 3 is 1.93 bits per heavy atom. The summed E-state index contributed by atoms with van der Waals surface area (Å²) in [5.41, 5.74) is 0. The first kappa shape index (κ1) is 12.3. The van der Waals surface area contributed by atoms with Crippen LogP contribution in [0.4, 0.5) is 0 Å². The number of hydrogen-bond donors (Lipinski definition) is 1. The average Bonchev–Trinajstić information content (AvgIpc) is 2.47. The van der Waals surface area contributed by atoms with Gasteiger partial charge in [0.2, 0.25) is 0 Å². The van der Waals surface area contributed by atoms with E-state index in [1.165, 1.54) is 64.3 Å². The van der Waals surface area contributed by atoms with Gasteiger partial charge in [-0.05, 0) is 38.1 Å². The molecule has 0 radical (unpaired) electrons. The summed E-state index contributed by atoms with van der Waals surface area (Å²) in [7, 11) is 0. The first-order chi connectivity index (χ1) is 6.47. The molecule has 1 unspecified atom stereocenters. The van der Waals surface area contributed by atoms with Crippen molar-refractivity contribution in [3.8, 4) is 0 Å². The van der Waals surface area contributed by atoms with Gasteiger partial charge in [-0.15, -0.1) is 12.4 Å². The lowest BCUT2D eigenvalue weighted by Gasteiger charge is -2.30. The molecule has 1 saturated heterocycles. The van der Waals surface area contributed by atoms with Crippen molar-refractivity contribution in [1.82, 2.24) is 5.32 Å². The molecule has 0 amide bonds. The summed E-state index contributed by atoms with van der Waals surface area (Å²) in [6.07, 6.45) is 13.3. The molecule has 1 heterocycles. The molecule has 84 valence electrons. The molecule has 0 aromatic carbocycles. The van der Waals surface area contributed by atoms with E-state index in [1.807, 2.05) is 0 Å². The van der Waals surface area contributed by atoms with Crippen molar-refractivity contribution < 1.29 is 0 Å². The highest BCUT2D eigenvalue weighted by molar-refractivity contribution is 5.85. The van der Waals surface area contributed by atoms with Gasteiger partial charge in [0.05, 0.1) is 0 Å². The fourth-order valence-electron chi connectivity index (χ4n) is 2.99. The van der Waals surface area contributed by atoms with Crippen LogP contribution in [0.2, 0.25) is 0 Å². The largest absolute Gasteiger partial charge is 0.314 e. The van der Waals surface area contributed by atoms with Crippen LogP contribution in [0.5, 0.6) is 0 Å². The summed E-state index contributed by atoms with van der Waals surface area (Å²) in [5.74, 6) is 1.02. The van der Waals surface area contributed by atoms with Crippen LogP contribution >= 0.6 is 12.4 Å². The number of rotatable bonds is 1. The first-order valence-electron chi connectivity index (χ1n) is 6.20. The Bertz CT molecular complexity index is 135. The van der Waals surface area contributed by atoms with E-state index in [1.54, 1.807) is 0 Å². The molecule has 0 spiro atoms. The smallest absolute Gasteiger partial charge is 0.00953 e. The van der Waals surface area contributed by atoms with E-state index in [0.29, 0.717) is 0 Å². The van der Waals surface area contributed by atoms with Gasteiger partial charge in [0.15, 0.2) is 0 Å². The molecular formula is C12H24ClN. The molecule has 1 saturated carbocycles. The van der Waals surface area contributed by atoms with Crippen LogP contribution in [-0.2, 0) is 0 Å². The van der Waals surface area contributed by atoms with Crippen molar-refractivity contribution in [2.45, 2.75) is 63.8 Å². The van der Waals surface area contributed by atoms with Crippen LogP contribution in [0.25, 0.3) is 0 Å². The highest BCUT2D eigenvalue weighted by Crippen LogP contribution is 2.28. The first-order valence-corrected chi connectivity index (χ1v) is 6.20. The summed E-state index contributed by atoms with van der Waals surface area (Å²) >= 11 is 0. The van der Waals surface area contributed by atoms with Gasteiger partial charge in [-0.2, -0.15) is 0 Å². The minimum Gasteiger partial charge on any atom is -0.314 e. The van der Waals surface area contributed by atoms with E-state index in [9.17, 15) is 0 Å². The third-order valence-electron chi connectivity index (χ3n) is 3.82. The molecule has 14 heavy (non-hydrogen) atoms. The van der Waals surface area contributed by atoms with E-state index in [-0.39, 0.29) is 12.4 Å². The van der Waals surface area contributed by atoms with E-state index in [2.05, 4.69) is 5.32 Å². The molecule has 1 atom stereocenters. The van der Waals surface area contributed by atoms with Crippen molar-refractivity contribution in [2.24, 2.45) is 5.92 Å². The Kier molecular flexibility index (Phi) is 5.88. The molecule has 1 nitrogen and oxygen atoms in total. The lowest BCUT2D eigenvalue weighted by atomic mass is 9.87. The molecule has 0 bridgehead atoms. The van der Waals surface area contributed by atoms with Gasteiger partial charge in [-0.1, -0.05) is 32.1 Å². The van der Waals surface area contributed by atoms with Gasteiger partial charge in [0.25, 0.3) is 0 Å². The summed E-state index contributed by atoms with van der Waals surface area (Å²) in [4.78, 5) is 0. The lowest BCUT2D eigenvalue weighted by molar-refractivity contribution is 0.271. The second kappa shape index (κ2) is 6.68. The molecule has 2 heteroatoms. The number of hydrogen-bond acceptors (Lipinski definition) is 1. The molecule has 0 aromatic rings. The van der Waals surface area contributed by atoms with Crippen LogP contribution < -0.4 is 5.32 Å². The van der Waals surface area contributed by atoms with Crippen molar-refractivity contribution in [3.05, 3.63) is 0 Å². The molecule has 1 aliphatic carbocycles. The van der Waals surface area contributed by atoms with Gasteiger partial charge in [-0.3, -0.25) is 0 Å². The van der Waals surface area contributed by atoms with Gasteiger partial charge in [-0.25, -0.2) is 0 Å². The Labute approximate surface area is 94.4 Å². The Morgan fingerprint density at radius 2 is 1.36 bits per heavy atom. The van der Waals surface area contributed by atoms with Crippen LogP contribution in [0.15, 0.2) is 0 Å². The molecule has 1 N–H and O–H groups in total. The molecule has 2 rings (SSSR count).